The first kappa shape index (κ1) is 38.5. The molecule has 4 heterocycles. The van der Waals surface area contributed by atoms with Crippen LogP contribution in [0.1, 0.15) is 121 Å². The lowest BCUT2D eigenvalue weighted by molar-refractivity contribution is 0.104. The van der Waals surface area contributed by atoms with Crippen LogP contribution in [0.15, 0.2) is 115 Å². The summed E-state index contributed by atoms with van der Waals surface area (Å²) >= 11 is 0. The Morgan fingerprint density at radius 1 is 0.397 bits per heavy atom. The minimum absolute atomic E-state index is 0.000968. The Balaban J connectivity index is 1.28. The van der Waals surface area contributed by atoms with Crippen molar-refractivity contribution in [2.75, 3.05) is 0 Å². The van der Waals surface area contributed by atoms with Crippen LogP contribution in [0, 0.1) is 0 Å². The van der Waals surface area contributed by atoms with Crippen molar-refractivity contribution in [2.24, 2.45) is 0 Å². The summed E-state index contributed by atoms with van der Waals surface area (Å²) in [4.78, 5) is 13.6. The van der Waals surface area contributed by atoms with Gasteiger partial charge in [-0.25, -0.2) is 0 Å². The van der Waals surface area contributed by atoms with Crippen molar-refractivity contribution >= 4 is 72.5 Å². The van der Waals surface area contributed by atoms with Gasteiger partial charge in [-0.1, -0.05) is 138 Å². The van der Waals surface area contributed by atoms with Gasteiger partial charge in [0.25, 0.3) is 6.71 Å². The molecule has 9 aromatic rings. The molecular weight excluding hydrogens is 763 g/mol. The van der Waals surface area contributed by atoms with Crippen molar-refractivity contribution in [2.45, 2.75) is 105 Å². The Hall–Kier alpha value is -6.13. The number of hydrogen-bond donors (Lipinski definition) is 0. The Bertz CT molecular complexity index is 3380. The Morgan fingerprint density at radius 3 is 1.32 bits per heavy atom. The minimum atomic E-state index is -0.0587. The van der Waals surface area contributed by atoms with Gasteiger partial charge < -0.3 is 9.13 Å². The third-order valence-corrected chi connectivity index (χ3v) is 14.8. The van der Waals surface area contributed by atoms with Crippen molar-refractivity contribution in [1.29, 1.82) is 0 Å². The van der Waals surface area contributed by atoms with Gasteiger partial charge in [-0.05, 0) is 143 Å². The summed E-state index contributed by atoms with van der Waals surface area (Å²) in [6.45, 7) is 28.1. The van der Waals surface area contributed by atoms with Crippen molar-refractivity contribution < 1.29 is 4.79 Å². The van der Waals surface area contributed by atoms with Crippen LogP contribution in [0.25, 0.3) is 77.2 Å². The van der Waals surface area contributed by atoms with Gasteiger partial charge in [-0.2, -0.15) is 0 Å². The zero-order valence-electron chi connectivity index (χ0n) is 38.8. The van der Waals surface area contributed by atoms with Gasteiger partial charge in [0.2, 0.25) is 0 Å². The molecule has 0 radical (unpaired) electrons. The van der Waals surface area contributed by atoms with Crippen LogP contribution >= 0.6 is 0 Å². The summed E-state index contributed by atoms with van der Waals surface area (Å²) in [5, 5.41) is 5.27. The predicted molar refractivity (Wildman–Crippen MR) is 269 cm³/mol. The Morgan fingerprint density at radius 2 is 0.841 bits per heavy atom. The number of carbonyl (C=O) groups is 1. The SMILES string of the molecule is CC(C)(C)c1ccc2c(c1)c1cc(C(C)(C)C)cc3c1n2-c1cc(-c2ccc4c(c2)-c2ccccc2C4=O)cc2c1B3c1cc(C(C)(C)C)cc3c4cc(C(C)(C)C)ccc4n-2c13. The molecule has 0 unspecified atom stereocenters. The van der Waals surface area contributed by atoms with Crippen LogP contribution in [0.2, 0.25) is 0 Å². The van der Waals surface area contributed by atoms with Gasteiger partial charge in [0.15, 0.2) is 5.78 Å². The van der Waals surface area contributed by atoms with E-state index in [1.165, 1.54) is 93.6 Å². The van der Waals surface area contributed by atoms with Crippen molar-refractivity contribution in [3.63, 3.8) is 0 Å². The monoisotopic (exact) mass is 818 g/mol. The predicted octanol–water partition coefficient (Wildman–Crippen LogP) is 13.1. The molecule has 0 saturated carbocycles. The summed E-state index contributed by atoms with van der Waals surface area (Å²) in [7, 11) is 0. The van der Waals surface area contributed by atoms with Crippen LogP contribution in [0.4, 0.5) is 0 Å². The highest BCUT2D eigenvalue weighted by Gasteiger charge is 2.43. The number of hydrogen-bond acceptors (Lipinski definition) is 1. The number of carbonyl (C=O) groups excluding carboxylic acids is 1. The molecule has 63 heavy (non-hydrogen) atoms. The molecule has 3 nitrogen and oxygen atoms in total. The topological polar surface area (TPSA) is 26.9 Å². The first-order valence-electron chi connectivity index (χ1n) is 22.9. The lowest BCUT2D eigenvalue weighted by Crippen LogP contribution is -2.59. The van der Waals surface area contributed by atoms with Gasteiger partial charge in [-0.15, -0.1) is 0 Å². The first-order chi connectivity index (χ1) is 29.7. The average Bonchev–Trinajstić information content (AvgIpc) is 3.84. The van der Waals surface area contributed by atoms with Gasteiger partial charge in [0.05, 0.1) is 11.0 Å². The molecule has 0 saturated heterocycles. The van der Waals surface area contributed by atoms with E-state index in [2.05, 4.69) is 189 Å². The Kier molecular flexibility index (Phi) is 7.41. The largest absolute Gasteiger partial charge is 0.310 e. The first-order valence-corrected chi connectivity index (χ1v) is 22.9. The fourth-order valence-corrected chi connectivity index (χ4v) is 11.2. The fraction of sp³-hybridized carbons (Fsp3) is 0.271. The second-order valence-electron chi connectivity index (χ2n) is 23.1. The molecule has 0 atom stereocenters. The molecule has 7 aromatic carbocycles. The standard InChI is InChI=1S/C59H55BN2O/c1-56(2,3)34-18-21-48-42(26-34)44-28-36(58(7,8)9)30-46-53(44)61(48)50-24-33(32-17-20-40-41(23-32)38-15-13-14-16-39(38)55(40)63)25-51-52(50)60(46)47-31-37(59(10,11)12)29-45-43-27-35(57(4,5)6)19-22-49(43)62(51)54(45)47/h13-31H,1-12H3. The van der Waals surface area contributed by atoms with Gasteiger partial charge in [0, 0.05) is 55.1 Å². The third kappa shape index (κ3) is 5.24. The highest BCUT2D eigenvalue weighted by atomic mass is 16.1. The zero-order chi connectivity index (χ0) is 44.0. The van der Waals surface area contributed by atoms with E-state index < -0.39 is 0 Å². The molecule has 4 heteroatoms. The lowest BCUT2D eigenvalue weighted by Gasteiger charge is -2.36. The Labute approximate surface area is 371 Å². The van der Waals surface area contributed by atoms with E-state index in [1.807, 2.05) is 18.2 Å². The van der Waals surface area contributed by atoms with Gasteiger partial charge in [0.1, 0.15) is 0 Å². The number of rotatable bonds is 1. The molecule has 0 spiro atoms. The van der Waals surface area contributed by atoms with Crippen molar-refractivity contribution in [3.8, 4) is 33.6 Å². The minimum Gasteiger partial charge on any atom is -0.310 e. The molecule has 1 aliphatic carbocycles. The quantitative estimate of drug-likeness (QED) is 0.152. The number of fused-ring (bicyclic) bond motifs is 13. The fourth-order valence-electron chi connectivity index (χ4n) is 11.2. The van der Waals surface area contributed by atoms with E-state index in [0.29, 0.717) is 0 Å². The van der Waals surface area contributed by atoms with Crippen LogP contribution in [-0.2, 0) is 21.7 Å². The maximum Gasteiger partial charge on any atom is 0.252 e. The molecule has 2 aromatic heterocycles. The maximum atomic E-state index is 13.6. The molecule has 0 bridgehead atoms. The maximum absolute atomic E-state index is 13.6. The number of benzene rings is 7. The van der Waals surface area contributed by atoms with Gasteiger partial charge in [-0.3, -0.25) is 4.79 Å². The highest BCUT2D eigenvalue weighted by molar-refractivity contribution is 7.00. The van der Waals surface area contributed by atoms with Gasteiger partial charge >= 0.3 is 0 Å². The molecule has 0 fully saturated rings. The van der Waals surface area contributed by atoms with Crippen LogP contribution in [-0.4, -0.2) is 21.6 Å². The number of nitrogens with zero attached hydrogens (tertiary/aromatic N) is 2. The van der Waals surface area contributed by atoms with Crippen LogP contribution < -0.4 is 16.4 Å². The van der Waals surface area contributed by atoms with E-state index in [4.69, 9.17) is 0 Å². The molecule has 0 amide bonds. The van der Waals surface area contributed by atoms with Crippen molar-refractivity contribution in [1.82, 2.24) is 9.13 Å². The summed E-state index contributed by atoms with van der Waals surface area (Å²) in [6, 6.07) is 44.1. The lowest BCUT2D eigenvalue weighted by atomic mass is 9.34. The summed E-state index contributed by atoms with van der Waals surface area (Å²) in [5.74, 6) is 0.111. The zero-order valence-corrected chi connectivity index (χ0v) is 38.8. The second-order valence-corrected chi connectivity index (χ2v) is 23.1. The molecule has 3 aliphatic rings. The average molecular weight is 819 g/mol. The molecule has 310 valence electrons. The summed E-state index contributed by atoms with van der Waals surface area (Å²) < 4.78 is 5.23. The van der Waals surface area contributed by atoms with Crippen LogP contribution in [0.3, 0.4) is 0 Å². The highest BCUT2D eigenvalue weighted by Crippen LogP contribution is 2.45. The second kappa shape index (κ2) is 12.1. The van der Waals surface area contributed by atoms with E-state index in [0.717, 1.165) is 33.4 Å². The smallest absolute Gasteiger partial charge is 0.252 e. The molecule has 2 aliphatic heterocycles. The van der Waals surface area contributed by atoms with E-state index in [-0.39, 0.29) is 34.2 Å². The van der Waals surface area contributed by atoms with E-state index >= 15 is 0 Å². The van der Waals surface area contributed by atoms with Crippen molar-refractivity contribution in [3.05, 3.63) is 149 Å². The molecular formula is C59H55BN2O. The summed E-state index contributed by atoms with van der Waals surface area (Å²) in [5.41, 5.74) is 22.9. The number of aromatic nitrogens is 2. The third-order valence-electron chi connectivity index (χ3n) is 14.8. The molecule has 0 N–H and O–H groups in total. The van der Waals surface area contributed by atoms with E-state index in [1.54, 1.807) is 0 Å². The van der Waals surface area contributed by atoms with E-state index in [9.17, 15) is 4.79 Å². The summed E-state index contributed by atoms with van der Waals surface area (Å²) in [6.07, 6.45) is 0. The number of ketones is 1. The normalized spacial score (nSPS) is 14.3. The van der Waals surface area contributed by atoms with Crippen LogP contribution in [0.5, 0.6) is 0 Å². The molecule has 12 rings (SSSR count).